The van der Waals surface area contributed by atoms with Crippen LogP contribution < -0.4 is 30.3 Å². The molecule has 1 heterocycles. The number of hydrogen-bond acceptors (Lipinski definition) is 10. The number of ether oxygens (including phenoxy) is 5. The smallest absolute Gasteiger partial charge is 0.343 e. The van der Waals surface area contributed by atoms with Crippen molar-refractivity contribution in [1.29, 1.82) is 0 Å². The van der Waals surface area contributed by atoms with Crippen molar-refractivity contribution < 1.29 is 42.9 Å². The van der Waals surface area contributed by atoms with Crippen LogP contribution in [0, 0.1) is 0 Å². The lowest BCUT2D eigenvalue weighted by atomic mass is 9.95. The molecule has 15 heteroatoms. The zero-order valence-electron chi connectivity index (χ0n) is 23.0. The van der Waals surface area contributed by atoms with Gasteiger partial charge in [0, 0.05) is 5.70 Å². The van der Waals surface area contributed by atoms with Gasteiger partial charge < -0.3 is 34.3 Å². The summed E-state index contributed by atoms with van der Waals surface area (Å²) in [5.74, 6) is -1.16. The van der Waals surface area contributed by atoms with Crippen molar-refractivity contribution in [2.45, 2.75) is 19.9 Å². The van der Waals surface area contributed by atoms with Crippen LogP contribution in [0.15, 0.2) is 46.7 Å². The summed E-state index contributed by atoms with van der Waals surface area (Å²) < 4.78 is 25.9. The highest BCUT2D eigenvalue weighted by Gasteiger charge is 2.32. The molecule has 3 rings (SSSR count). The SMILES string of the molecule is CCOC(=O)C1=C(C)NC(=O)N[C@H]1c1ccc(OCC(=O)N/N=C\c2cc(Cl)c(OCC(=O)OC)c(Cl)c2)c(OC)c1. The number of urea groups is 1. The second kappa shape index (κ2) is 14.9. The average molecular weight is 623 g/mol. The molecular formula is C27H28Cl2N4O9. The number of carbonyl (C=O) groups excluding carboxylic acids is 4. The minimum atomic E-state index is -0.797. The first-order valence-electron chi connectivity index (χ1n) is 12.3. The zero-order valence-corrected chi connectivity index (χ0v) is 24.6. The average Bonchev–Trinajstić information content (AvgIpc) is 2.95. The van der Waals surface area contributed by atoms with E-state index in [0.29, 0.717) is 16.8 Å². The third kappa shape index (κ3) is 8.27. The highest BCUT2D eigenvalue weighted by atomic mass is 35.5. The van der Waals surface area contributed by atoms with Gasteiger partial charge in [0.05, 0.1) is 48.7 Å². The first-order chi connectivity index (χ1) is 20.1. The van der Waals surface area contributed by atoms with Gasteiger partial charge in [-0.1, -0.05) is 29.3 Å². The minimum absolute atomic E-state index is 0.101. The second-order valence-corrected chi connectivity index (χ2v) is 9.28. The Morgan fingerprint density at radius 3 is 2.40 bits per heavy atom. The van der Waals surface area contributed by atoms with Crippen LogP contribution >= 0.6 is 23.2 Å². The van der Waals surface area contributed by atoms with Crippen molar-refractivity contribution in [2.24, 2.45) is 5.10 Å². The topological polar surface area (TPSA) is 163 Å². The predicted octanol–water partition coefficient (Wildman–Crippen LogP) is 3.27. The number of nitrogens with one attached hydrogen (secondary N) is 3. The van der Waals surface area contributed by atoms with Crippen molar-refractivity contribution in [3.8, 4) is 17.2 Å². The Morgan fingerprint density at radius 1 is 1.05 bits per heavy atom. The van der Waals surface area contributed by atoms with Gasteiger partial charge in [0.15, 0.2) is 30.5 Å². The summed E-state index contributed by atoms with van der Waals surface area (Å²) in [6.07, 6.45) is 1.30. The van der Waals surface area contributed by atoms with E-state index in [1.54, 1.807) is 32.0 Å². The number of amides is 3. The molecule has 3 amide bonds. The van der Waals surface area contributed by atoms with Crippen LogP contribution in [0.25, 0.3) is 0 Å². The molecule has 0 spiro atoms. The molecule has 0 saturated carbocycles. The number of hydrogen-bond donors (Lipinski definition) is 3. The fourth-order valence-corrected chi connectivity index (χ4v) is 4.36. The first-order valence-corrected chi connectivity index (χ1v) is 13.1. The molecule has 1 atom stereocenters. The van der Waals surface area contributed by atoms with Crippen LogP contribution in [0.2, 0.25) is 10.0 Å². The fourth-order valence-electron chi connectivity index (χ4n) is 3.74. The Hall–Kier alpha value is -4.49. The van der Waals surface area contributed by atoms with E-state index >= 15 is 0 Å². The van der Waals surface area contributed by atoms with Gasteiger partial charge in [-0.25, -0.2) is 19.8 Å². The molecule has 1 aliphatic rings. The predicted molar refractivity (Wildman–Crippen MR) is 152 cm³/mol. The molecule has 3 N–H and O–H groups in total. The van der Waals surface area contributed by atoms with Gasteiger partial charge in [-0.05, 0) is 49.2 Å². The maximum absolute atomic E-state index is 12.6. The normalized spacial score (nSPS) is 14.5. The van der Waals surface area contributed by atoms with Crippen LogP contribution in [0.4, 0.5) is 4.79 Å². The molecule has 0 unspecified atom stereocenters. The molecule has 0 bridgehead atoms. The van der Waals surface area contributed by atoms with Crippen molar-refractivity contribution in [3.63, 3.8) is 0 Å². The highest BCUT2D eigenvalue weighted by molar-refractivity contribution is 6.37. The molecule has 2 aromatic rings. The summed E-state index contributed by atoms with van der Waals surface area (Å²) in [7, 11) is 2.63. The Bertz CT molecular complexity index is 1410. The standard InChI is InChI=1S/C27H28Cl2N4O9/c1-5-40-26(36)23-14(2)31-27(37)32-24(23)16-6-7-19(20(10-16)38-3)41-12-21(34)33-30-11-15-8-17(28)25(18(29)9-15)42-13-22(35)39-4/h6-11,24H,5,12-13H2,1-4H3,(H,33,34)(H2,31,32,37)/b30-11-/t24-/m0/s1. The number of allylic oxidation sites excluding steroid dienone is 1. The molecule has 2 aromatic carbocycles. The minimum Gasteiger partial charge on any atom is -0.493 e. The van der Waals surface area contributed by atoms with Crippen molar-refractivity contribution in [2.75, 3.05) is 34.0 Å². The fraction of sp³-hybridized carbons (Fsp3) is 0.296. The van der Waals surface area contributed by atoms with E-state index in [1.165, 1.54) is 32.6 Å². The van der Waals surface area contributed by atoms with E-state index < -0.39 is 36.5 Å². The van der Waals surface area contributed by atoms with Crippen LogP contribution in [-0.2, 0) is 23.9 Å². The number of esters is 2. The second-order valence-electron chi connectivity index (χ2n) is 8.46. The molecule has 0 fully saturated rings. The van der Waals surface area contributed by atoms with E-state index in [4.69, 9.17) is 42.1 Å². The van der Waals surface area contributed by atoms with Gasteiger partial charge in [0.1, 0.15) is 0 Å². The molecule has 42 heavy (non-hydrogen) atoms. The lowest BCUT2D eigenvalue weighted by molar-refractivity contribution is -0.143. The molecular weight excluding hydrogens is 595 g/mol. The summed E-state index contributed by atoms with van der Waals surface area (Å²) in [5, 5.41) is 9.39. The van der Waals surface area contributed by atoms with Crippen LogP contribution in [-0.4, -0.2) is 64.1 Å². The summed E-state index contributed by atoms with van der Waals surface area (Å²) >= 11 is 12.3. The van der Waals surface area contributed by atoms with E-state index in [0.717, 1.165) is 0 Å². The molecule has 0 aliphatic carbocycles. The Kier molecular flexibility index (Phi) is 11.4. The lowest BCUT2D eigenvalue weighted by Crippen LogP contribution is -2.45. The molecule has 13 nitrogen and oxygen atoms in total. The van der Waals surface area contributed by atoms with E-state index in [9.17, 15) is 19.2 Å². The largest absolute Gasteiger partial charge is 0.493 e. The number of rotatable bonds is 12. The summed E-state index contributed by atoms with van der Waals surface area (Å²) in [6.45, 7) is 2.68. The Morgan fingerprint density at radius 2 is 1.76 bits per heavy atom. The van der Waals surface area contributed by atoms with Crippen LogP contribution in [0.5, 0.6) is 17.2 Å². The number of carbonyl (C=O) groups is 4. The number of methoxy groups -OCH3 is 2. The van der Waals surface area contributed by atoms with Gasteiger partial charge >= 0.3 is 18.0 Å². The zero-order chi connectivity index (χ0) is 30.8. The monoisotopic (exact) mass is 622 g/mol. The quantitative estimate of drug-likeness (QED) is 0.183. The molecule has 1 aliphatic heterocycles. The van der Waals surface area contributed by atoms with E-state index in [2.05, 4.69) is 25.9 Å². The molecule has 0 radical (unpaired) electrons. The molecule has 0 aromatic heterocycles. The van der Waals surface area contributed by atoms with Gasteiger partial charge in [-0.15, -0.1) is 0 Å². The van der Waals surface area contributed by atoms with Gasteiger partial charge in [0.2, 0.25) is 0 Å². The van der Waals surface area contributed by atoms with Crippen LogP contribution in [0.1, 0.15) is 31.0 Å². The first kappa shape index (κ1) is 32.0. The third-order valence-electron chi connectivity index (χ3n) is 5.63. The van der Waals surface area contributed by atoms with Gasteiger partial charge in [-0.3, -0.25) is 4.79 Å². The number of benzene rings is 2. The summed E-state index contributed by atoms with van der Waals surface area (Å²) in [5.41, 5.74) is 3.91. The Labute approximate surface area is 251 Å². The van der Waals surface area contributed by atoms with Crippen molar-refractivity contribution >= 4 is 53.3 Å². The highest BCUT2D eigenvalue weighted by Crippen LogP contribution is 2.35. The maximum atomic E-state index is 12.6. The third-order valence-corrected chi connectivity index (χ3v) is 6.19. The maximum Gasteiger partial charge on any atom is 0.343 e. The summed E-state index contributed by atoms with van der Waals surface area (Å²) in [6, 6.07) is 6.44. The van der Waals surface area contributed by atoms with Gasteiger partial charge in [-0.2, -0.15) is 5.10 Å². The molecule has 224 valence electrons. The van der Waals surface area contributed by atoms with E-state index in [1.807, 2.05) is 0 Å². The van der Waals surface area contributed by atoms with E-state index in [-0.39, 0.29) is 46.1 Å². The number of halogens is 2. The van der Waals surface area contributed by atoms with Crippen molar-refractivity contribution in [1.82, 2.24) is 16.1 Å². The van der Waals surface area contributed by atoms with Crippen LogP contribution in [0.3, 0.4) is 0 Å². The molecule has 0 saturated heterocycles. The Balaban J connectivity index is 1.64. The van der Waals surface area contributed by atoms with Crippen molar-refractivity contribution in [3.05, 3.63) is 62.8 Å². The lowest BCUT2D eigenvalue weighted by Gasteiger charge is -2.28. The van der Waals surface area contributed by atoms with Gasteiger partial charge in [0.25, 0.3) is 5.91 Å². The summed E-state index contributed by atoms with van der Waals surface area (Å²) in [4.78, 5) is 48.3. The number of nitrogens with zero attached hydrogens (tertiary/aromatic N) is 1. The number of hydrazone groups is 1.